The van der Waals surface area contributed by atoms with Crippen molar-refractivity contribution in [2.24, 2.45) is 32.5 Å². The van der Waals surface area contributed by atoms with Gasteiger partial charge in [0.05, 0.1) is 17.6 Å². The van der Waals surface area contributed by atoms with Gasteiger partial charge in [-0.25, -0.2) is 0 Å². The Morgan fingerprint density at radius 3 is 1.56 bits per heavy atom. The zero-order valence-electron chi connectivity index (χ0n) is 23.4. The summed E-state index contributed by atoms with van der Waals surface area (Å²) in [7, 11) is 0. The van der Waals surface area contributed by atoms with Gasteiger partial charge in [0.15, 0.2) is 0 Å². The molecule has 0 heterocycles. The lowest BCUT2D eigenvalue weighted by molar-refractivity contribution is -0.151. The molecule has 0 rings (SSSR count). The van der Waals surface area contributed by atoms with Gasteiger partial charge in [-0.15, -0.1) is 0 Å². The quantitative estimate of drug-likeness (QED) is 0.275. The highest BCUT2D eigenvalue weighted by molar-refractivity contribution is 5.73. The predicted octanol–water partition coefficient (Wildman–Crippen LogP) is 7.09. The van der Waals surface area contributed by atoms with Crippen molar-refractivity contribution in [2.45, 2.75) is 128 Å². The van der Waals surface area contributed by atoms with Gasteiger partial charge in [0.2, 0.25) is 0 Å². The van der Waals surface area contributed by atoms with Crippen LogP contribution in [0.25, 0.3) is 0 Å². The SMILES string of the molecule is CC(C)(C)CC(C)(C)C(O)C/C=C\C(C)(C)CC(C)(C)C(O)C(C)(C)CC(C)(C)C(=O)O. The minimum absolute atomic E-state index is 0.162. The first-order chi connectivity index (χ1) is 13.8. The summed E-state index contributed by atoms with van der Waals surface area (Å²) in [6.45, 7) is 26.6. The molecule has 0 aromatic carbocycles. The summed E-state index contributed by atoms with van der Waals surface area (Å²) in [4.78, 5) is 11.6. The van der Waals surface area contributed by atoms with Crippen LogP contribution in [0.3, 0.4) is 0 Å². The zero-order chi connectivity index (χ0) is 26.0. The Labute approximate surface area is 198 Å². The highest BCUT2D eigenvalue weighted by Crippen LogP contribution is 2.47. The van der Waals surface area contributed by atoms with Gasteiger partial charge in [-0.2, -0.15) is 0 Å². The third-order valence-electron chi connectivity index (χ3n) is 6.68. The van der Waals surface area contributed by atoms with Crippen molar-refractivity contribution in [3.63, 3.8) is 0 Å². The number of carboxylic acids is 1. The Kier molecular flexibility index (Phi) is 9.90. The lowest BCUT2D eigenvalue weighted by atomic mass is 9.61. The van der Waals surface area contributed by atoms with Gasteiger partial charge >= 0.3 is 5.97 Å². The Bertz CT molecular complexity index is 645. The summed E-state index contributed by atoms with van der Waals surface area (Å²) >= 11 is 0. The van der Waals surface area contributed by atoms with E-state index in [0.29, 0.717) is 12.8 Å². The first kappa shape index (κ1) is 31.1. The first-order valence-electron chi connectivity index (χ1n) is 12.1. The number of aliphatic hydroxyl groups excluding tert-OH is 2. The molecule has 190 valence electrons. The summed E-state index contributed by atoms with van der Waals surface area (Å²) in [5, 5.41) is 31.6. The van der Waals surface area contributed by atoms with E-state index < -0.39 is 34.4 Å². The van der Waals surface area contributed by atoms with Gasteiger partial charge in [0, 0.05) is 0 Å². The van der Waals surface area contributed by atoms with Gasteiger partial charge in [0.25, 0.3) is 0 Å². The Balaban J connectivity index is 5.29. The molecule has 0 saturated carbocycles. The second-order valence-electron chi connectivity index (χ2n) is 14.8. The van der Waals surface area contributed by atoms with Gasteiger partial charge in [-0.05, 0) is 66.6 Å². The Morgan fingerprint density at radius 1 is 0.719 bits per heavy atom. The molecule has 0 aromatic heterocycles. The van der Waals surface area contributed by atoms with Crippen LogP contribution >= 0.6 is 0 Å². The van der Waals surface area contributed by atoms with E-state index in [1.807, 2.05) is 13.8 Å². The van der Waals surface area contributed by atoms with E-state index in [9.17, 15) is 20.1 Å². The fourth-order valence-corrected chi connectivity index (χ4v) is 6.02. The van der Waals surface area contributed by atoms with E-state index in [0.717, 1.165) is 12.8 Å². The van der Waals surface area contributed by atoms with Crippen LogP contribution in [0.15, 0.2) is 12.2 Å². The lowest BCUT2D eigenvalue weighted by Gasteiger charge is -2.46. The number of carbonyl (C=O) groups is 1. The molecule has 4 nitrogen and oxygen atoms in total. The number of rotatable bonds is 12. The molecule has 0 saturated heterocycles. The third kappa shape index (κ3) is 9.95. The van der Waals surface area contributed by atoms with Crippen LogP contribution in [0.4, 0.5) is 0 Å². The molecule has 0 bridgehead atoms. The topological polar surface area (TPSA) is 77.8 Å². The van der Waals surface area contributed by atoms with Crippen molar-refractivity contribution < 1.29 is 20.1 Å². The molecule has 0 aliphatic heterocycles. The molecule has 0 aliphatic rings. The average molecular weight is 455 g/mol. The molecular formula is C28H54O4. The van der Waals surface area contributed by atoms with E-state index in [1.165, 1.54) is 0 Å². The van der Waals surface area contributed by atoms with Crippen molar-refractivity contribution >= 4 is 5.97 Å². The molecule has 4 heteroatoms. The monoisotopic (exact) mass is 454 g/mol. The Morgan fingerprint density at radius 2 is 1.16 bits per heavy atom. The fraction of sp³-hybridized carbons (Fsp3) is 0.893. The van der Waals surface area contributed by atoms with Crippen LogP contribution in [0.5, 0.6) is 0 Å². The zero-order valence-corrected chi connectivity index (χ0v) is 23.4. The first-order valence-corrected chi connectivity index (χ1v) is 12.1. The molecule has 2 atom stereocenters. The van der Waals surface area contributed by atoms with Crippen LogP contribution in [-0.2, 0) is 4.79 Å². The fourth-order valence-electron chi connectivity index (χ4n) is 6.02. The second kappa shape index (κ2) is 10.2. The number of aliphatic hydroxyl groups is 2. The van der Waals surface area contributed by atoms with E-state index in [4.69, 9.17) is 0 Å². The van der Waals surface area contributed by atoms with E-state index in [2.05, 4.69) is 74.5 Å². The molecule has 0 spiro atoms. The van der Waals surface area contributed by atoms with Gasteiger partial charge in [-0.3, -0.25) is 4.79 Å². The molecule has 32 heavy (non-hydrogen) atoms. The summed E-state index contributed by atoms with van der Waals surface area (Å²) in [6, 6.07) is 0. The Hall–Kier alpha value is -0.870. The van der Waals surface area contributed by atoms with Crippen molar-refractivity contribution in [2.75, 3.05) is 0 Å². The number of allylic oxidation sites excluding steroid dienone is 1. The van der Waals surface area contributed by atoms with Crippen LogP contribution in [-0.4, -0.2) is 33.5 Å². The third-order valence-corrected chi connectivity index (χ3v) is 6.68. The average Bonchev–Trinajstić information content (AvgIpc) is 2.49. The maximum atomic E-state index is 11.6. The molecule has 2 unspecified atom stereocenters. The van der Waals surface area contributed by atoms with E-state index in [-0.39, 0.29) is 16.2 Å². The van der Waals surface area contributed by atoms with E-state index >= 15 is 0 Å². The number of hydrogen-bond acceptors (Lipinski definition) is 3. The summed E-state index contributed by atoms with van der Waals surface area (Å²) < 4.78 is 0. The van der Waals surface area contributed by atoms with Gasteiger partial charge in [-0.1, -0.05) is 88.3 Å². The highest BCUT2D eigenvalue weighted by atomic mass is 16.4. The molecule has 0 fully saturated rings. The molecular weight excluding hydrogens is 400 g/mol. The van der Waals surface area contributed by atoms with Crippen molar-refractivity contribution in [1.82, 2.24) is 0 Å². The van der Waals surface area contributed by atoms with Gasteiger partial charge < -0.3 is 15.3 Å². The largest absolute Gasteiger partial charge is 0.481 e. The summed E-state index contributed by atoms with van der Waals surface area (Å²) in [6.07, 6.45) is 5.86. The molecule has 0 aliphatic carbocycles. The molecule has 0 radical (unpaired) electrons. The summed E-state index contributed by atoms with van der Waals surface area (Å²) in [5.74, 6) is -0.841. The normalized spacial score (nSPS) is 17.0. The number of hydrogen-bond donors (Lipinski definition) is 3. The van der Waals surface area contributed by atoms with Crippen LogP contribution in [0.2, 0.25) is 0 Å². The maximum Gasteiger partial charge on any atom is 0.309 e. The van der Waals surface area contributed by atoms with Crippen molar-refractivity contribution in [3.8, 4) is 0 Å². The lowest BCUT2D eigenvalue weighted by Crippen LogP contribution is -2.46. The summed E-state index contributed by atoms with van der Waals surface area (Å²) in [5.41, 5.74) is -2.02. The standard InChI is InChI=1S/C28H54O4/c1-23(2,3)17-25(6,7)20(29)15-14-16-24(4,5)18-26(8,9)21(30)27(10,11)19-28(12,13)22(31)32/h14,16,20-21,29-30H,15,17-19H2,1-13H3,(H,31,32)/b16-14-. The van der Waals surface area contributed by atoms with Gasteiger partial charge in [0.1, 0.15) is 0 Å². The minimum Gasteiger partial charge on any atom is -0.481 e. The minimum atomic E-state index is -0.897. The number of aliphatic carboxylic acids is 1. The maximum absolute atomic E-state index is 11.6. The van der Waals surface area contributed by atoms with Crippen LogP contribution in [0.1, 0.15) is 116 Å². The van der Waals surface area contributed by atoms with E-state index in [1.54, 1.807) is 13.8 Å². The second-order valence-corrected chi connectivity index (χ2v) is 14.8. The predicted molar refractivity (Wildman–Crippen MR) is 136 cm³/mol. The molecule has 3 N–H and O–H groups in total. The molecule has 0 aromatic rings. The smallest absolute Gasteiger partial charge is 0.309 e. The van der Waals surface area contributed by atoms with Crippen molar-refractivity contribution in [3.05, 3.63) is 12.2 Å². The number of carboxylic acid groups (broad SMARTS) is 1. The van der Waals surface area contributed by atoms with Crippen LogP contribution < -0.4 is 0 Å². The van der Waals surface area contributed by atoms with Crippen LogP contribution in [0, 0.1) is 32.5 Å². The molecule has 0 amide bonds. The highest BCUT2D eigenvalue weighted by Gasteiger charge is 2.45. The van der Waals surface area contributed by atoms with Crippen molar-refractivity contribution in [1.29, 1.82) is 0 Å².